The van der Waals surface area contributed by atoms with Crippen molar-refractivity contribution in [1.29, 1.82) is 0 Å². The van der Waals surface area contributed by atoms with Gasteiger partial charge in [-0.25, -0.2) is 8.78 Å². The lowest BCUT2D eigenvalue weighted by Crippen LogP contribution is -2.28. The Kier molecular flexibility index (Phi) is 4.30. The number of nitrogens with zero attached hydrogens (tertiary/aromatic N) is 1. The lowest BCUT2D eigenvalue weighted by atomic mass is 10.2. The fourth-order valence-corrected chi connectivity index (χ4v) is 1.16. The van der Waals surface area contributed by atoms with Crippen LogP contribution in [0.3, 0.4) is 0 Å². The Morgan fingerprint density at radius 1 is 1.29 bits per heavy atom. The molecule has 0 unspecified atom stereocenters. The standard InChI is InChI=1S/C9H10F2N2O4/c10-7-1-6(13(16)17)2-8(11)9(7)12-5(3-14)4-15/h1-2,5,12,14-15H,3-4H2. The molecule has 0 heterocycles. The van der Waals surface area contributed by atoms with Crippen LogP contribution in [0.15, 0.2) is 12.1 Å². The molecule has 0 saturated carbocycles. The van der Waals surface area contributed by atoms with Gasteiger partial charge in [0.1, 0.15) is 5.69 Å². The summed E-state index contributed by atoms with van der Waals surface area (Å²) in [7, 11) is 0. The summed E-state index contributed by atoms with van der Waals surface area (Å²) in [5.41, 5.74) is -1.33. The van der Waals surface area contributed by atoms with Gasteiger partial charge >= 0.3 is 0 Å². The second-order valence-electron chi connectivity index (χ2n) is 3.25. The van der Waals surface area contributed by atoms with Gasteiger partial charge in [-0.1, -0.05) is 0 Å². The van der Waals surface area contributed by atoms with Gasteiger partial charge in [0.2, 0.25) is 0 Å². The van der Waals surface area contributed by atoms with Crippen LogP contribution in [0.25, 0.3) is 0 Å². The monoisotopic (exact) mass is 248 g/mol. The van der Waals surface area contributed by atoms with Crippen molar-refractivity contribution in [3.8, 4) is 0 Å². The van der Waals surface area contributed by atoms with Crippen LogP contribution >= 0.6 is 0 Å². The Bertz CT molecular complexity index is 400. The van der Waals surface area contributed by atoms with Crippen molar-refractivity contribution in [3.05, 3.63) is 33.9 Å². The number of nitro benzene ring substituents is 1. The first-order valence-electron chi connectivity index (χ1n) is 4.61. The number of halogens is 2. The number of aliphatic hydroxyl groups is 2. The molecular weight excluding hydrogens is 238 g/mol. The van der Waals surface area contributed by atoms with Crippen LogP contribution in [0.2, 0.25) is 0 Å². The second-order valence-corrected chi connectivity index (χ2v) is 3.25. The first kappa shape index (κ1) is 13.3. The van der Waals surface area contributed by atoms with E-state index in [2.05, 4.69) is 5.32 Å². The quantitative estimate of drug-likeness (QED) is 0.525. The highest BCUT2D eigenvalue weighted by Gasteiger charge is 2.19. The zero-order valence-corrected chi connectivity index (χ0v) is 8.56. The number of benzene rings is 1. The van der Waals surface area contributed by atoms with Gasteiger partial charge in [0.25, 0.3) is 5.69 Å². The molecule has 17 heavy (non-hydrogen) atoms. The molecule has 94 valence electrons. The summed E-state index contributed by atoms with van der Waals surface area (Å²) in [4.78, 5) is 9.40. The second kappa shape index (κ2) is 5.51. The predicted molar refractivity (Wildman–Crippen MR) is 54.6 cm³/mol. The predicted octanol–water partition coefficient (Wildman–Crippen LogP) is 0.638. The van der Waals surface area contributed by atoms with E-state index >= 15 is 0 Å². The van der Waals surface area contributed by atoms with Crippen molar-refractivity contribution in [2.45, 2.75) is 6.04 Å². The molecule has 0 radical (unpaired) electrons. The van der Waals surface area contributed by atoms with Crippen molar-refractivity contribution in [2.75, 3.05) is 18.5 Å². The molecule has 3 N–H and O–H groups in total. The molecule has 6 nitrogen and oxygen atoms in total. The lowest BCUT2D eigenvalue weighted by Gasteiger charge is -2.15. The highest BCUT2D eigenvalue weighted by Crippen LogP contribution is 2.25. The summed E-state index contributed by atoms with van der Waals surface area (Å²) >= 11 is 0. The Balaban J connectivity index is 3.05. The molecule has 0 bridgehead atoms. The molecule has 1 rings (SSSR count). The van der Waals surface area contributed by atoms with E-state index in [9.17, 15) is 18.9 Å². The summed E-state index contributed by atoms with van der Waals surface area (Å²) in [5.74, 6) is -2.33. The van der Waals surface area contributed by atoms with E-state index in [1.54, 1.807) is 0 Å². The summed E-state index contributed by atoms with van der Waals surface area (Å²) in [5, 5.41) is 30.0. The van der Waals surface area contributed by atoms with Gasteiger partial charge in [0.05, 0.1) is 36.3 Å². The van der Waals surface area contributed by atoms with Crippen LogP contribution in [0.5, 0.6) is 0 Å². The van der Waals surface area contributed by atoms with Gasteiger partial charge in [-0.05, 0) is 0 Å². The van der Waals surface area contributed by atoms with E-state index in [4.69, 9.17) is 10.2 Å². The van der Waals surface area contributed by atoms with Crippen LogP contribution in [0, 0.1) is 21.7 Å². The molecule has 0 aliphatic rings. The topological polar surface area (TPSA) is 95.6 Å². The number of nitrogens with one attached hydrogen (secondary N) is 1. The summed E-state index contributed by atoms with van der Waals surface area (Å²) in [6.45, 7) is -1.07. The van der Waals surface area contributed by atoms with E-state index in [0.717, 1.165) is 0 Å². The minimum atomic E-state index is -1.16. The van der Waals surface area contributed by atoms with Crippen molar-refractivity contribution in [1.82, 2.24) is 0 Å². The Labute approximate surface area is 94.6 Å². The summed E-state index contributed by atoms with van der Waals surface area (Å²) in [6, 6.07) is 0.162. The van der Waals surface area contributed by atoms with Crippen molar-refractivity contribution in [3.63, 3.8) is 0 Å². The number of aliphatic hydroxyl groups excluding tert-OH is 2. The summed E-state index contributed by atoms with van der Waals surface area (Å²) < 4.78 is 26.7. The fourth-order valence-electron chi connectivity index (χ4n) is 1.16. The van der Waals surface area contributed by atoms with Gasteiger partial charge in [-0.2, -0.15) is 0 Å². The number of anilines is 1. The first-order valence-corrected chi connectivity index (χ1v) is 4.61. The maximum absolute atomic E-state index is 13.3. The van der Waals surface area contributed by atoms with Gasteiger partial charge in [-0.3, -0.25) is 10.1 Å². The van der Waals surface area contributed by atoms with E-state index in [1.807, 2.05) is 0 Å². The summed E-state index contributed by atoms with van der Waals surface area (Å²) in [6.07, 6.45) is 0. The molecule has 0 atom stereocenters. The van der Waals surface area contributed by atoms with Crippen LogP contribution in [-0.4, -0.2) is 34.4 Å². The minimum absolute atomic E-state index is 0.535. The highest BCUT2D eigenvalue weighted by atomic mass is 19.1. The third-order valence-electron chi connectivity index (χ3n) is 2.03. The maximum Gasteiger partial charge on any atom is 0.275 e. The molecular formula is C9H10F2N2O4. The number of hydrogen-bond acceptors (Lipinski definition) is 5. The SMILES string of the molecule is O=[N+]([O-])c1cc(F)c(NC(CO)CO)c(F)c1. The largest absolute Gasteiger partial charge is 0.394 e. The van der Waals surface area contributed by atoms with Crippen LogP contribution in [0.1, 0.15) is 0 Å². The highest BCUT2D eigenvalue weighted by molar-refractivity contribution is 5.52. The third-order valence-corrected chi connectivity index (χ3v) is 2.03. The van der Waals surface area contributed by atoms with Gasteiger partial charge < -0.3 is 15.5 Å². The maximum atomic E-state index is 13.3. The van der Waals surface area contributed by atoms with Gasteiger partial charge in [0, 0.05) is 0 Å². The molecule has 0 spiro atoms. The Morgan fingerprint density at radius 3 is 2.12 bits per heavy atom. The third kappa shape index (κ3) is 3.08. The van der Waals surface area contributed by atoms with Crippen molar-refractivity contribution < 1.29 is 23.9 Å². The first-order chi connectivity index (χ1) is 7.99. The lowest BCUT2D eigenvalue weighted by molar-refractivity contribution is -0.385. The van der Waals surface area contributed by atoms with E-state index in [1.165, 1.54) is 0 Å². The molecule has 1 aromatic carbocycles. The van der Waals surface area contributed by atoms with Gasteiger partial charge in [-0.15, -0.1) is 0 Å². The Morgan fingerprint density at radius 2 is 1.76 bits per heavy atom. The van der Waals surface area contributed by atoms with Crippen LogP contribution < -0.4 is 5.32 Å². The van der Waals surface area contributed by atoms with E-state index in [0.29, 0.717) is 12.1 Å². The zero-order valence-electron chi connectivity index (χ0n) is 8.56. The fraction of sp³-hybridized carbons (Fsp3) is 0.333. The molecule has 1 aromatic rings. The number of rotatable bonds is 5. The minimum Gasteiger partial charge on any atom is -0.394 e. The Hall–Kier alpha value is -1.80. The van der Waals surface area contributed by atoms with Crippen molar-refractivity contribution >= 4 is 11.4 Å². The molecule has 0 aliphatic heterocycles. The van der Waals surface area contributed by atoms with E-state index in [-0.39, 0.29) is 0 Å². The van der Waals surface area contributed by atoms with Crippen LogP contribution in [-0.2, 0) is 0 Å². The molecule has 0 amide bonds. The van der Waals surface area contributed by atoms with Gasteiger partial charge in [0.15, 0.2) is 11.6 Å². The van der Waals surface area contributed by atoms with Crippen molar-refractivity contribution in [2.24, 2.45) is 0 Å². The average Bonchev–Trinajstić information content (AvgIpc) is 2.28. The number of hydrogen-bond donors (Lipinski definition) is 3. The van der Waals surface area contributed by atoms with E-state index < -0.39 is 47.2 Å². The average molecular weight is 248 g/mol. The molecule has 0 fully saturated rings. The molecule has 8 heteroatoms. The normalized spacial score (nSPS) is 10.6. The number of non-ortho nitro benzene ring substituents is 1. The molecule has 0 aromatic heterocycles. The molecule has 0 saturated heterocycles. The zero-order chi connectivity index (χ0) is 13.0. The number of nitro groups is 1. The smallest absolute Gasteiger partial charge is 0.275 e. The van der Waals surface area contributed by atoms with Crippen LogP contribution in [0.4, 0.5) is 20.2 Å². The molecule has 0 aliphatic carbocycles.